The first-order valence-electron chi connectivity index (χ1n) is 8.77. The lowest BCUT2D eigenvalue weighted by Crippen LogP contribution is -2.35. The Labute approximate surface area is 163 Å². The number of esters is 2. The second kappa shape index (κ2) is 7.63. The maximum Gasteiger partial charge on any atom is 0.346 e. The minimum Gasteiger partial charge on any atom is -0.466 e. The lowest BCUT2D eigenvalue weighted by atomic mass is 10.1. The lowest BCUT2D eigenvalue weighted by molar-refractivity contribution is -0.149. The average Bonchev–Trinajstić information content (AvgIpc) is 3.03. The topological polar surface area (TPSA) is 90.0 Å². The summed E-state index contributed by atoms with van der Waals surface area (Å²) >= 11 is 0. The van der Waals surface area contributed by atoms with Gasteiger partial charge in [0.1, 0.15) is 0 Å². The average molecular weight is 403 g/mol. The maximum atomic E-state index is 13.3. The second-order valence-electron chi connectivity index (χ2n) is 6.58. The van der Waals surface area contributed by atoms with E-state index < -0.39 is 28.1 Å². The van der Waals surface area contributed by atoms with Crippen molar-refractivity contribution < 1.29 is 27.5 Å². The number of carbonyl (C=O) groups is 2. The molecule has 2 aromatic rings. The first-order chi connectivity index (χ1) is 13.3. The van der Waals surface area contributed by atoms with Gasteiger partial charge in [0.15, 0.2) is 6.10 Å². The number of methoxy groups -OCH3 is 1. The Bertz CT molecular complexity index is 1020. The van der Waals surface area contributed by atoms with Gasteiger partial charge in [-0.25, -0.2) is 18.0 Å². The van der Waals surface area contributed by atoms with Crippen molar-refractivity contribution in [3.05, 3.63) is 59.7 Å². The van der Waals surface area contributed by atoms with Crippen LogP contribution in [-0.4, -0.2) is 39.6 Å². The standard InChI is InChI=1S/C20H21NO6S/c1-13-11-15-7-4-5-10-18(15)21(13)28(24,25)17-9-6-8-16(12-17)20(23)27-14(2)19(22)26-3/h4-10,12-14H,11H2,1-3H3/t13-,14+/m1/s1. The van der Waals surface area contributed by atoms with Crippen LogP contribution in [0.3, 0.4) is 0 Å². The van der Waals surface area contributed by atoms with Crippen molar-refractivity contribution in [2.75, 3.05) is 11.4 Å². The van der Waals surface area contributed by atoms with Crippen LogP contribution in [0.15, 0.2) is 53.4 Å². The van der Waals surface area contributed by atoms with E-state index in [2.05, 4.69) is 4.74 Å². The Morgan fingerprint density at radius 2 is 1.86 bits per heavy atom. The monoisotopic (exact) mass is 403 g/mol. The van der Waals surface area contributed by atoms with Crippen LogP contribution in [-0.2, 0) is 30.7 Å². The zero-order valence-electron chi connectivity index (χ0n) is 15.8. The molecule has 28 heavy (non-hydrogen) atoms. The minimum atomic E-state index is -3.87. The van der Waals surface area contributed by atoms with E-state index in [0.29, 0.717) is 12.1 Å². The summed E-state index contributed by atoms with van der Waals surface area (Å²) < 4.78 is 37.5. The Morgan fingerprint density at radius 1 is 1.14 bits per heavy atom. The highest BCUT2D eigenvalue weighted by Crippen LogP contribution is 2.36. The number of benzene rings is 2. The fourth-order valence-corrected chi connectivity index (χ4v) is 4.98. The van der Waals surface area contributed by atoms with Crippen molar-refractivity contribution in [3.63, 3.8) is 0 Å². The lowest BCUT2D eigenvalue weighted by Gasteiger charge is -2.24. The fourth-order valence-electron chi connectivity index (χ4n) is 3.24. The van der Waals surface area contributed by atoms with Gasteiger partial charge in [0, 0.05) is 6.04 Å². The molecule has 0 N–H and O–H groups in total. The summed E-state index contributed by atoms with van der Waals surface area (Å²) in [6.45, 7) is 3.22. The molecule has 0 aromatic heterocycles. The van der Waals surface area contributed by atoms with Crippen LogP contribution in [0.2, 0.25) is 0 Å². The molecule has 3 rings (SSSR count). The van der Waals surface area contributed by atoms with Gasteiger partial charge in [-0.2, -0.15) is 0 Å². The SMILES string of the molecule is COC(=O)[C@H](C)OC(=O)c1cccc(S(=O)(=O)N2c3ccccc3C[C@H]2C)c1. The number of para-hydroxylation sites is 1. The van der Waals surface area contributed by atoms with Crippen LogP contribution < -0.4 is 4.31 Å². The van der Waals surface area contributed by atoms with Crippen molar-refractivity contribution in [2.45, 2.75) is 37.3 Å². The van der Waals surface area contributed by atoms with E-state index in [9.17, 15) is 18.0 Å². The Hall–Kier alpha value is -2.87. The number of fused-ring (bicyclic) bond motifs is 1. The normalized spacial score (nSPS) is 17.0. The van der Waals surface area contributed by atoms with Gasteiger partial charge in [-0.3, -0.25) is 4.31 Å². The summed E-state index contributed by atoms with van der Waals surface area (Å²) in [4.78, 5) is 23.7. The number of sulfonamides is 1. The van der Waals surface area contributed by atoms with E-state index in [1.165, 1.54) is 42.6 Å². The minimum absolute atomic E-state index is 0.0174. The zero-order chi connectivity index (χ0) is 20.5. The molecule has 1 heterocycles. The fraction of sp³-hybridized carbons (Fsp3) is 0.300. The first-order valence-corrected chi connectivity index (χ1v) is 10.2. The number of rotatable bonds is 5. The number of hydrogen-bond acceptors (Lipinski definition) is 6. The van der Waals surface area contributed by atoms with Gasteiger partial charge >= 0.3 is 11.9 Å². The van der Waals surface area contributed by atoms with E-state index in [1.54, 1.807) is 12.1 Å². The predicted octanol–water partition coefficient (Wildman–Crippen LogP) is 2.54. The van der Waals surface area contributed by atoms with E-state index >= 15 is 0 Å². The molecule has 0 spiro atoms. The molecular formula is C20H21NO6S. The Balaban J connectivity index is 1.91. The predicted molar refractivity (Wildman–Crippen MR) is 103 cm³/mol. The quantitative estimate of drug-likeness (QED) is 0.713. The van der Waals surface area contributed by atoms with E-state index in [1.807, 2.05) is 19.1 Å². The molecular weight excluding hydrogens is 382 g/mol. The smallest absolute Gasteiger partial charge is 0.346 e. The van der Waals surface area contributed by atoms with Gasteiger partial charge in [-0.05, 0) is 50.1 Å². The molecule has 8 heteroatoms. The third kappa shape index (κ3) is 3.60. The van der Waals surface area contributed by atoms with Crippen molar-refractivity contribution in [1.29, 1.82) is 0 Å². The zero-order valence-corrected chi connectivity index (χ0v) is 16.6. The molecule has 0 saturated heterocycles. The molecule has 0 fully saturated rings. The molecule has 1 aliphatic rings. The van der Waals surface area contributed by atoms with Crippen molar-refractivity contribution >= 4 is 27.6 Å². The molecule has 7 nitrogen and oxygen atoms in total. The molecule has 2 aromatic carbocycles. The molecule has 1 aliphatic heterocycles. The van der Waals surface area contributed by atoms with Crippen LogP contribution in [0.25, 0.3) is 0 Å². The highest BCUT2D eigenvalue weighted by molar-refractivity contribution is 7.92. The van der Waals surface area contributed by atoms with Gasteiger partial charge in [0.2, 0.25) is 0 Å². The van der Waals surface area contributed by atoms with Gasteiger partial charge in [0.05, 0.1) is 23.3 Å². The highest BCUT2D eigenvalue weighted by Gasteiger charge is 2.36. The summed E-state index contributed by atoms with van der Waals surface area (Å²) in [6.07, 6.45) is -0.475. The molecule has 0 radical (unpaired) electrons. The summed E-state index contributed by atoms with van der Waals surface area (Å²) in [6, 6.07) is 12.7. The summed E-state index contributed by atoms with van der Waals surface area (Å²) in [5, 5.41) is 0. The summed E-state index contributed by atoms with van der Waals surface area (Å²) in [5.74, 6) is -1.50. The molecule has 2 atom stereocenters. The van der Waals surface area contributed by atoms with E-state index in [-0.39, 0.29) is 16.5 Å². The highest BCUT2D eigenvalue weighted by atomic mass is 32.2. The summed E-state index contributed by atoms with van der Waals surface area (Å²) in [7, 11) is -2.68. The summed E-state index contributed by atoms with van der Waals surface area (Å²) in [5.41, 5.74) is 1.64. The van der Waals surface area contributed by atoms with Crippen LogP contribution in [0.4, 0.5) is 5.69 Å². The van der Waals surface area contributed by atoms with E-state index in [0.717, 1.165) is 5.56 Å². The largest absolute Gasteiger partial charge is 0.466 e. The van der Waals surface area contributed by atoms with Gasteiger partial charge in [0.25, 0.3) is 10.0 Å². The van der Waals surface area contributed by atoms with E-state index in [4.69, 9.17) is 4.74 Å². The van der Waals surface area contributed by atoms with Crippen molar-refractivity contribution in [1.82, 2.24) is 0 Å². The second-order valence-corrected chi connectivity index (χ2v) is 8.40. The van der Waals surface area contributed by atoms with Gasteiger partial charge < -0.3 is 9.47 Å². The molecule has 0 unspecified atom stereocenters. The molecule has 0 saturated carbocycles. The van der Waals surface area contributed by atoms with Gasteiger partial charge in [-0.1, -0.05) is 24.3 Å². The van der Waals surface area contributed by atoms with Crippen LogP contribution >= 0.6 is 0 Å². The number of carbonyl (C=O) groups excluding carboxylic acids is 2. The van der Waals surface area contributed by atoms with Crippen LogP contribution in [0, 0.1) is 0 Å². The molecule has 0 bridgehead atoms. The van der Waals surface area contributed by atoms with Crippen molar-refractivity contribution in [3.8, 4) is 0 Å². The molecule has 0 aliphatic carbocycles. The first kappa shape index (κ1) is 19.9. The Morgan fingerprint density at radius 3 is 2.57 bits per heavy atom. The van der Waals surface area contributed by atoms with Crippen LogP contribution in [0.1, 0.15) is 29.8 Å². The number of ether oxygens (including phenoxy) is 2. The molecule has 148 valence electrons. The maximum absolute atomic E-state index is 13.3. The van der Waals surface area contributed by atoms with Crippen LogP contribution in [0.5, 0.6) is 0 Å². The van der Waals surface area contributed by atoms with Gasteiger partial charge in [-0.15, -0.1) is 0 Å². The number of nitrogens with zero attached hydrogens (tertiary/aromatic N) is 1. The number of hydrogen-bond donors (Lipinski definition) is 0. The molecule has 0 amide bonds. The Kier molecular flexibility index (Phi) is 5.42. The third-order valence-electron chi connectivity index (χ3n) is 4.59. The van der Waals surface area contributed by atoms with Crippen molar-refractivity contribution in [2.24, 2.45) is 0 Å². The third-order valence-corrected chi connectivity index (χ3v) is 6.51. The number of anilines is 1.